The number of rotatable bonds is 7. The molecule has 0 aliphatic rings. The lowest BCUT2D eigenvalue weighted by Gasteiger charge is -2.04. The third-order valence-electron chi connectivity index (χ3n) is 3.47. The predicted octanol–water partition coefficient (Wildman–Crippen LogP) is 2.94. The molecule has 0 atom stereocenters. The second kappa shape index (κ2) is 8.54. The minimum atomic E-state index is 0.0298. The molecule has 4 heteroatoms. The Morgan fingerprint density at radius 2 is 1.68 bits per heavy atom. The molecular formula is C18H22ClN2O+. The van der Waals surface area contributed by atoms with Gasteiger partial charge < -0.3 is 5.32 Å². The Labute approximate surface area is 136 Å². The summed E-state index contributed by atoms with van der Waals surface area (Å²) in [7, 11) is 0. The normalized spacial score (nSPS) is 10.5. The van der Waals surface area contributed by atoms with Crippen molar-refractivity contribution < 1.29 is 9.36 Å². The zero-order valence-electron chi connectivity index (χ0n) is 12.9. The molecule has 0 aliphatic carbocycles. The molecular weight excluding hydrogens is 296 g/mol. The number of pyridine rings is 1. The van der Waals surface area contributed by atoms with Gasteiger partial charge >= 0.3 is 0 Å². The van der Waals surface area contributed by atoms with E-state index in [1.807, 2.05) is 41.2 Å². The number of aromatic nitrogens is 1. The van der Waals surface area contributed by atoms with Crippen molar-refractivity contribution in [1.29, 1.82) is 0 Å². The van der Waals surface area contributed by atoms with Crippen LogP contribution in [0.3, 0.4) is 0 Å². The number of nitrogens with one attached hydrogen (secondary N) is 1. The Balaban J connectivity index is 1.74. The number of hydrogen-bond donors (Lipinski definition) is 1. The van der Waals surface area contributed by atoms with Crippen LogP contribution in [-0.4, -0.2) is 12.5 Å². The Hall–Kier alpha value is -1.87. The van der Waals surface area contributed by atoms with E-state index < -0.39 is 0 Å². The first-order valence-corrected chi connectivity index (χ1v) is 8.04. The SMILES string of the molecule is CCCc1cc[n+](CC(=O)NCCc2ccc(Cl)cc2)cc1. The summed E-state index contributed by atoms with van der Waals surface area (Å²) in [4.78, 5) is 11.9. The van der Waals surface area contributed by atoms with Crippen LogP contribution < -0.4 is 9.88 Å². The third kappa shape index (κ3) is 5.49. The maximum Gasteiger partial charge on any atom is 0.285 e. The summed E-state index contributed by atoms with van der Waals surface area (Å²) in [5, 5.41) is 3.67. The highest BCUT2D eigenvalue weighted by atomic mass is 35.5. The van der Waals surface area contributed by atoms with Gasteiger partial charge in [0.15, 0.2) is 12.4 Å². The van der Waals surface area contributed by atoms with Gasteiger partial charge in [0.25, 0.3) is 5.91 Å². The number of halogens is 1. The van der Waals surface area contributed by atoms with Gasteiger partial charge in [0.05, 0.1) is 0 Å². The molecule has 1 aromatic carbocycles. The average Bonchev–Trinajstić information content (AvgIpc) is 2.51. The number of aryl methyl sites for hydroxylation is 1. The first kappa shape index (κ1) is 16.5. The third-order valence-corrected chi connectivity index (χ3v) is 3.73. The maximum atomic E-state index is 11.9. The number of hydrogen-bond acceptors (Lipinski definition) is 1. The summed E-state index contributed by atoms with van der Waals surface area (Å²) in [5.41, 5.74) is 2.48. The fourth-order valence-corrected chi connectivity index (χ4v) is 2.39. The van der Waals surface area contributed by atoms with Crippen LogP contribution in [-0.2, 0) is 24.2 Å². The monoisotopic (exact) mass is 317 g/mol. The molecule has 2 aromatic rings. The molecule has 0 fully saturated rings. The lowest BCUT2D eigenvalue weighted by atomic mass is 10.1. The van der Waals surface area contributed by atoms with Crippen molar-refractivity contribution in [3.8, 4) is 0 Å². The van der Waals surface area contributed by atoms with Crippen LogP contribution in [0, 0.1) is 0 Å². The summed E-state index contributed by atoms with van der Waals surface area (Å²) in [6.07, 6.45) is 6.94. The highest BCUT2D eigenvalue weighted by molar-refractivity contribution is 6.30. The van der Waals surface area contributed by atoms with Crippen molar-refractivity contribution in [3.05, 3.63) is 64.9 Å². The molecule has 1 amide bonds. The van der Waals surface area contributed by atoms with Crippen molar-refractivity contribution in [2.24, 2.45) is 0 Å². The fourth-order valence-electron chi connectivity index (χ4n) is 2.27. The van der Waals surface area contributed by atoms with E-state index in [1.54, 1.807) is 0 Å². The fraction of sp³-hybridized carbons (Fsp3) is 0.333. The molecule has 0 spiro atoms. The van der Waals surface area contributed by atoms with E-state index >= 15 is 0 Å². The minimum absolute atomic E-state index is 0.0298. The molecule has 0 saturated carbocycles. The summed E-state index contributed by atoms with van der Waals surface area (Å²) < 4.78 is 1.90. The first-order chi connectivity index (χ1) is 10.7. The summed E-state index contributed by atoms with van der Waals surface area (Å²) in [6.45, 7) is 3.15. The van der Waals surface area contributed by atoms with Crippen molar-refractivity contribution in [2.75, 3.05) is 6.54 Å². The van der Waals surface area contributed by atoms with Gasteiger partial charge in [-0.3, -0.25) is 4.79 Å². The zero-order chi connectivity index (χ0) is 15.8. The molecule has 0 saturated heterocycles. The minimum Gasteiger partial charge on any atom is -0.350 e. The van der Waals surface area contributed by atoms with Gasteiger partial charge in [-0.1, -0.05) is 37.1 Å². The van der Waals surface area contributed by atoms with Crippen LogP contribution in [0.25, 0.3) is 0 Å². The van der Waals surface area contributed by atoms with Crippen LogP contribution >= 0.6 is 11.6 Å². The highest BCUT2D eigenvalue weighted by Crippen LogP contribution is 2.09. The second-order valence-corrected chi connectivity index (χ2v) is 5.79. The lowest BCUT2D eigenvalue weighted by Crippen LogP contribution is -2.42. The molecule has 1 N–H and O–H groups in total. The largest absolute Gasteiger partial charge is 0.350 e. The van der Waals surface area contributed by atoms with Crippen LogP contribution in [0.1, 0.15) is 24.5 Å². The van der Waals surface area contributed by atoms with Crippen molar-refractivity contribution >= 4 is 17.5 Å². The molecule has 0 unspecified atom stereocenters. The number of amides is 1. The Morgan fingerprint density at radius 1 is 1.05 bits per heavy atom. The van der Waals surface area contributed by atoms with Gasteiger partial charge in [0.2, 0.25) is 6.54 Å². The van der Waals surface area contributed by atoms with E-state index in [4.69, 9.17) is 11.6 Å². The van der Waals surface area contributed by atoms with E-state index in [0.29, 0.717) is 13.1 Å². The Kier molecular flexibility index (Phi) is 6.41. The van der Waals surface area contributed by atoms with E-state index in [0.717, 1.165) is 24.3 Å². The molecule has 0 aliphatic heterocycles. The maximum absolute atomic E-state index is 11.9. The molecule has 22 heavy (non-hydrogen) atoms. The van der Waals surface area contributed by atoms with Crippen molar-refractivity contribution in [2.45, 2.75) is 32.7 Å². The van der Waals surface area contributed by atoms with Crippen LogP contribution in [0.5, 0.6) is 0 Å². The van der Waals surface area contributed by atoms with Gasteiger partial charge in [-0.25, -0.2) is 0 Å². The Morgan fingerprint density at radius 3 is 2.32 bits per heavy atom. The summed E-state index contributed by atoms with van der Waals surface area (Å²) in [6, 6.07) is 11.8. The molecule has 2 rings (SSSR count). The van der Waals surface area contributed by atoms with E-state index in [9.17, 15) is 4.79 Å². The van der Waals surface area contributed by atoms with Gasteiger partial charge in [-0.15, -0.1) is 0 Å². The van der Waals surface area contributed by atoms with Gasteiger partial charge in [-0.05, 0) is 36.1 Å². The predicted molar refractivity (Wildman–Crippen MR) is 88.8 cm³/mol. The highest BCUT2D eigenvalue weighted by Gasteiger charge is 2.08. The number of carbonyl (C=O) groups excluding carboxylic acids is 1. The van der Waals surface area contributed by atoms with E-state index in [1.165, 1.54) is 11.1 Å². The Bertz CT molecular complexity index is 593. The molecule has 0 radical (unpaired) electrons. The van der Waals surface area contributed by atoms with Crippen molar-refractivity contribution in [3.63, 3.8) is 0 Å². The number of carbonyl (C=O) groups is 1. The summed E-state index contributed by atoms with van der Waals surface area (Å²) >= 11 is 5.84. The van der Waals surface area contributed by atoms with Gasteiger partial charge in [0.1, 0.15) is 0 Å². The standard InChI is InChI=1S/C18H21ClN2O/c1-2-3-15-9-12-21(13-10-15)14-18(22)20-11-8-16-4-6-17(19)7-5-16/h4-7,9-10,12-13H,2-3,8,11,14H2,1H3/p+1. The second-order valence-electron chi connectivity index (χ2n) is 5.36. The van der Waals surface area contributed by atoms with Crippen LogP contribution in [0.2, 0.25) is 5.02 Å². The quantitative estimate of drug-likeness (QED) is 0.783. The first-order valence-electron chi connectivity index (χ1n) is 7.66. The molecule has 3 nitrogen and oxygen atoms in total. The zero-order valence-corrected chi connectivity index (χ0v) is 13.6. The molecule has 1 heterocycles. The van der Waals surface area contributed by atoms with Crippen LogP contribution in [0.15, 0.2) is 48.8 Å². The average molecular weight is 318 g/mol. The smallest absolute Gasteiger partial charge is 0.285 e. The molecule has 0 bridgehead atoms. The molecule has 116 valence electrons. The van der Waals surface area contributed by atoms with E-state index in [-0.39, 0.29) is 5.91 Å². The number of nitrogens with zero attached hydrogens (tertiary/aromatic N) is 1. The molecule has 1 aromatic heterocycles. The topological polar surface area (TPSA) is 33.0 Å². The van der Waals surface area contributed by atoms with Crippen LogP contribution in [0.4, 0.5) is 0 Å². The number of benzene rings is 1. The van der Waals surface area contributed by atoms with Gasteiger partial charge in [0, 0.05) is 23.7 Å². The van der Waals surface area contributed by atoms with Crippen molar-refractivity contribution in [1.82, 2.24) is 5.32 Å². The van der Waals surface area contributed by atoms with Gasteiger partial charge in [-0.2, -0.15) is 4.57 Å². The van der Waals surface area contributed by atoms with E-state index in [2.05, 4.69) is 24.4 Å². The lowest BCUT2D eigenvalue weighted by molar-refractivity contribution is -0.684. The summed E-state index contributed by atoms with van der Waals surface area (Å²) in [5.74, 6) is 0.0298.